The molecular formula is C7H14N2. The van der Waals surface area contributed by atoms with Crippen LogP contribution in [0.2, 0.25) is 0 Å². The van der Waals surface area contributed by atoms with Crippen LogP contribution in [0.4, 0.5) is 0 Å². The molecule has 0 aromatic carbocycles. The van der Waals surface area contributed by atoms with Gasteiger partial charge in [-0.2, -0.15) is 0 Å². The van der Waals surface area contributed by atoms with Gasteiger partial charge in [0.15, 0.2) is 0 Å². The first-order valence-corrected chi connectivity index (χ1v) is 3.03. The summed E-state index contributed by atoms with van der Waals surface area (Å²) in [6.07, 6.45) is 1.86. The Bertz CT molecular complexity index is 125. The average molecular weight is 126 g/mol. The molecular weight excluding hydrogens is 112 g/mol. The van der Waals surface area contributed by atoms with Crippen molar-refractivity contribution in [1.29, 1.82) is 0 Å². The Morgan fingerprint density at radius 3 is 2.67 bits per heavy atom. The second kappa shape index (κ2) is 4.01. The Morgan fingerprint density at radius 2 is 2.33 bits per heavy atom. The van der Waals surface area contributed by atoms with Gasteiger partial charge in [0.2, 0.25) is 0 Å². The monoisotopic (exact) mass is 126 g/mol. The Labute approximate surface area is 56.4 Å². The lowest BCUT2D eigenvalue weighted by Gasteiger charge is -1.98. The first-order valence-electron chi connectivity index (χ1n) is 3.03. The molecule has 0 heterocycles. The van der Waals surface area contributed by atoms with Crippen LogP contribution in [0.5, 0.6) is 0 Å². The van der Waals surface area contributed by atoms with E-state index in [9.17, 15) is 0 Å². The summed E-state index contributed by atoms with van der Waals surface area (Å²) in [6, 6.07) is 0. The zero-order valence-electron chi connectivity index (χ0n) is 6.07. The van der Waals surface area contributed by atoms with Crippen molar-refractivity contribution in [3.8, 4) is 0 Å². The van der Waals surface area contributed by atoms with E-state index < -0.39 is 0 Å². The normalized spacial score (nSPS) is 11.1. The van der Waals surface area contributed by atoms with Crippen molar-refractivity contribution in [2.45, 2.75) is 13.8 Å². The molecule has 0 radical (unpaired) electrons. The van der Waals surface area contributed by atoms with Crippen LogP contribution in [0.15, 0.2) is 24.0 Å². The van der Waals surface area contributed by atoms with E-state index in [-0.39, 0.29) is 0 Å². The van der Waals surface area contributed by atoms with E-state index in [1.54, 1.807) is 0 Å². The maximum absolute atomic E-state index is 5.37. The molecule has 9 heavy (non-hydrogen) atoms. The molecule has 0 spiro atoms. The minimum Gasteiger partial charge on any atom is -0.399 e. The van der Waals surface area contributed by atoms with Crippen molar-refractivity contribution < 1.29 is 0 Å². The van der Waals surface area contributed by atoms with Crippen molar-refractivity contribution >= 4 is 0 Å². The molecule has 0 unspecified atom stereocenters. The highest BCUT2D eigenvalue weighted by Crippen LogP contribution is 1.95. The summed E-state index contributed by atoms with van der Waals surface area (Å²) < 4.78 is 0. The van der Waals surface area contributed by atoms with Crippen molar-refractivity contribution in [1.82, 2.24) is 5.32 Å². The van der Waals surface area contributed by atoms with Gasteiger partial charge < -0.3 is 11.1 Å². The highest BCUT2D eigenvalue weighted by atomic mass is 14.8. The topological polar surface area (TPSA) is 38.0 Å². The fourth-order valence-electron chi connectivity index (χ4n) is 0.348. The summed E-state index contributed by atoms with van der Waals surface area (Å²) in [5.41, 5.74) is 6.99. The quantitative estimate of drug-likeness (QED) is 0.553. The molecule has 0 saturated heterocycles. The van der Waals surface area contributed by atoms with Crippen LogP contribution >= 0.6 is 0 Å². The molecule has 52 valence electrons. The van der Waals surface area contributed by atoms with Gasteiger partial charge in [-0.05, 0) is 19.4 Å². The smallest absolute Gasteiger partial charge is 0.0285 e. The third-order valence-electron chi connectivity index (χ3n) is 1.03. The summed E-state index contributed by atoms with van der Waals surface area (Å²) in [6.45, 7) is 8.45. The van der Waals surface area contributed by atoms with Crippen molar-refractivity contribution in [3.05, 3.63) is 24.0 Å². The first-order chi connectivity index (χ1) is 4.18. The van der Waals surface area contributed by atoms with Gasteiger partial charge in [-0.3, -0.25) is 0 Å². The van der Waals surface area contributed by atoms with Gasteiger partial charge in [0.05, 0.1) is 0 Å². The van der Waals surface area contributed by atoms with E-state index in [4.69, 9.17) is 5.73 Å². The van der Waals surface area contributed by atoms with Crippen LogP contribution in [0.25, 0.3) is 0 Å². The van der Waals surface area contributed by atoms with E-state index in [2.05, 4.69) is 11.9 Å². The lowest BCUT2D eigenvalue weighted by molar-refractivity contribution is 0.908. The molecule has 0 aromatic heterocycles. The Kier molecular flexibility index (Phi) is 3.60. The summed E-state index contributed by atoms with van der Waals surface area (Å²) in [7, 11) is 0. The summed E-state index contributed by atoms with van der Waals surface area (Å²) >= 11 is 0. The fourth-order valence-corrected chi connectivity index (χ4v) is 0.348. The SMILES string of the molecule is C=C(N)/C(C)=C/NCC. The van der Waals surface area contributed by atoms with E-state index in [0.29, 0.717) is 5.70 Å². The van der Waals surface area contributed by atoms with Crippen LogP contribution in [-0.4, -0.2) is 6.54 Å². The van der Waals surface area contributed by atoms with Crippen molar-refractivity contribution in [2.24, 2.45) is 5.73 Å². The standard InChI is InChI=1S/C7H14N2/c1-4-9-5-6(2)7(3)8/h5,9H,3-4,8H2,1-2H3/b6-5+. The number of nitrogens with two attached hydrogens (primary N) is 1. The molecule has 0 aliphatic rings. The molecule has 2 nitrogen and oxygen atoms in total. The van der Waals surface area contributed by atoms with Gasteiger partial charge in [-0.15, -0.1) is 0 Å². The Morgan fingerprint density at radius 1 is 1.78 bits per heavy atom. The maximum atomic E-state index is 5.37. The molecule has 0 amide bonds. The minimum atomic E-state index is 0.621. The average Bonchev–Trinajstić information content (AvgIpc) is 1.82. The van der Waals surface area contributed by atoms with Gasteiger partial charge in [-0.25, -0.2) is 0 Å². The van der Waals surface area contributed by atoms with Crippen molar-refractivity contribution in [3.63, 3.8) is 0 Å². The zero-order chi connectivity index (χ0) is 7.28. The molecule has 0 bridgehead atoms. The second-order valence-electron chi connectivity index (χ2n) is 1.91. The van der Waals surface area contributed by atoms with Gasteiger partial charge >= 0.3 is 0 Å². The summed E-state index contributed by atoms with van der Waals surface area (Å²) in [5.74, 6) is 0. The van der Waals surface area contributed by atoms with E-state index >= 15 is 0 Å². The lowest BCUT2D eigenvalue weighted by Crippen LogP contribution is -2.06. The van der Waals surface area contributed by atoms with Crippen molar-refractivity contribution in [2.75, 3.05) is 6.54 Å². The summed E-state index contributed by atoms with van der Waals surface area (Å²) in [4.78, 5) is 0. The predicted molar refractivity (Wildman–Crippen MR) is 40.8 cm³/mol. The molecule has 0 fully saturated rings. The highest BCUT2D eigenvalue weighted by molar-refractivity contribution is 5.21. The summed E-state index contributed by atoms with van der Waals surface area (Å²) in [5, 5.41) is 3.03. The second-order valence-corrected chi connectivity index (χ2v) is 1.91. The zero-order valence-corrected chi connectivity index (χ0v) is 6.07. The third-order valence-corrected chi connectivity index (χ3v) is 1.03. The van der Waals surface area contributed by atoms with Crippen LogP contribution in [-0.2, 0) is 0 Å². The van der Waals surface area contributed by atoms with Gasteiger partial charge in [-0.1, -0.05) is 6.58 Å². The molecule has 2 heteroatoms. The third kappa shape index (κ3) is 3.64. The van der Waals surface area contributed by atoms with Gasteiger partial charge in [0.1, 0.15) is 0 Å². The van der Waals surface area contributed by atoms with E-state index in [1.807, 2.05) is 20.0 Å². The number of nitrogens with one attached hydrogen (secondary N) is 1. The Balaban J connectivity index is 3.69. The van der Waals surface area contributed by atoms with Crippen LogP contribution < -0.4 is 11.1 Å². The molecule has 0 aromatic rings. The molecule has 0 aliphatic carbocycles. The fraction of sp³-hybridized carbons (Fsp3) is 0.429. The lowest BCUT2D eigenvalue weighted by atomic mass is 10.3. The molecule has 0 saturated carbocycles. The van der Waals surface area contributed by atoms with Gasteiger partial charge in [0, 0.05) is 18.4 Å². The Hall–Kier alpha value is -0.920. The van der Waals surface area contributed by atoms with Crippen LogP contribution in [0.1, 0.15) is 13.8 Å². The molecule has 0 atom stereocenters. The number of allylic oxidation sites excluding steroid dienone is 1. The predicted octanol–water partition coefficient (Wildman–Crippen LogP) is 0.972. The number of rotatable bonds is 3. The van der Waals surface area contributed by atoms with Crippen LogP contribution in [0.3, 0.4) is 0 Å². The largest absolute Gasteiger partial charge is 0.399 e. The number of hydrogen-bond acceptors (Lipinski definition) is 2. The molecule has 0 aliphatic heterocycles. The minimum absolute atomic E-state index is 0.621. The maximum Gasteiger partial charge on any atom is 0.0285 e. The van der Waals surface area contributed by atoms with E-state index in [0.717, 1.165) is 12.1 Å². The first kappa shape index (κ1) is 8.08. The van der Waals surface area contributed by atoms with Crippen LogP contribution in [0, 0.1) is 0 Å². The molecule has 0 rings (SSSR count). The highest BCUT2D eigenvalue weighted by Gasteiger charge is 1.85. The molecule has 3 N–H and O–H groups in total. The number of hydrogen-bond donors (Lipinski definition) is 2. The van der Waals surface area contributed by atoms with E-state index in [1.165, 1.54) is 0 Å². The van der Waals surface area contributed by atoms with Gasteiger partial charge in [0.25, 0.3) is 0 Å².